The molecule has 0 aromatic heterocycles. The van der Waals surface area contributed by atoms with E-state index < -0.39 is 0 Å². The van der Waals surface area contributed by atoms with Gasteiger partial charge in [-0.15, -0.1) is 6.58 Å². The number of hydrogen-bond acceptors (Lipinski definition) is 2. The van der Waals surface area contributed by atoms with E-state index in [9.17, 15) is 0 Å². The molecule has 1 aliphatic heterocycles. The first kappa shape index (κ1) is 10.7. The van der Waals surface area contributed by atoms with Crippen molar-refractivity contribution in [2.45, 2.75) is 44.8 Å². The average Bonchev–Trinajstić information content (AvgIpc) is 2.58. The van der Waals surface area contributed by atoms with Crippen LogP contribution in [0.3, 0.4) is 0 Å². The first-order valence-electron chi connectivity index (χ1n) is 5.17. The molecular weight excluding hydrogens is 162 g/mol. The molecule has 1 N–H and O–H groups in total. The Kier molecular flexibility index (Phi) is 4.46. The van der Waals surface area contributed by atoms with Crippen LogP contribution in [0.25, 0.3) is 0 Å². The number of likely N-dealkylation sites (N-methyl/N-ethyl adjacent to an activating group) is 1. The Hall–Kier alpha value is -0.340. The minimum Gasteiger partial charge on any atom is -0.377 e. The summed E-state index contributed by atoms with van der Waals surface area (Å²) in [4.78, 5) is 0. The zero-order valence-corrected chi connectivity index (χ0v) is 8.81. The Bertz CT molecular complexity index is 161. The van der Waals surface area contributed by atoms with Gasteiger partial charge in [-0.05, 0) is 39.7 Å². The van der Waals surface area contributed by atoms with Crippen LogP contribution in [-0.4, -0.2) is 25.8 Å². The molecule has 2 unspecified atom stereocenters. The van der Waals surface area contributed by atoms with Gasteiger partial charge in [-0.3, -0.25) is 0 Å². The van der Waals surface area contributed by atoms with Crippen LogP contribution in [0.15, 0.2) is 12.2 Å². The van der Waals surface area contributed by atoms with Gasteiger partial charge in [-0.25, -0.2) is 0 Å². The summed E-state index contributed by atoms with van der Waals surface area (Å²) in [6, 6.07) is 0.513. The van der Waals surface area contributed by atoms with Crippen molar-refractivity contribution in [3.8, 4) is 0 Å². The van der Waals surface area contributed by atoms with E-state index in [-0.39, 0.29) is 0 Å². The molecule has 13 heavy (non-hydrogen) atoms. The van der Waals surface area contributed by atoms with Gasteiger partial charge in [-0.1, -0.05) is 5.57 Å². The van der Waals surface area contributed by atoms with Crippen LogP contribution in [0.4, 0.5) is 0 Å². The first-order chi connectivity index (χ1) is 6.24. The van der Waals surface area contributed by atoms with E-state index in [1.165, 1.54) is 18.4 Å². The van der Waals surface area contributed by atoms with Crippen molar-refractivity contribution in [1.82, 2.24) is 5.32 Å². The third-order valence-electron chi connectivity index (χ3n) is 2.67. The minimum atomic E-state index is 0.435. The summed E-state index contributed by atoms with van der Waals surface area (Å²) >= 11 is 0. The lowest BCUT2D eigenvalue weighted by atomic mass is 10.0. The monoisotopic (exact) mass is 183 g/mol. The third kappa shape index (κ3) is 3.49. The summed E-state index contributed by atoms with van der Waals surface area (Å²) in [5.74, 6) is 0. The Labute approximate surface area is 81.4 Å². The normalized spacial score (nSPS) is 24.6. The maximum Gasteiger partial charge on any atom is 0.0728 e. The lowest BCUT2D eigenvalue weighted by Crippen LogP contribution is -2.37. The highest BCUT2D eigenvalue weighted by Gasteiger charge is 2.23. The van der Waals surface area contributed by atoms with Gasteiger partial charge in [0.2, 0.25) is 0 Å². The van der Waals surface area contributed by atoms with Crippen molar-refractivity contribution in [3.05, 3.63) is 12.2 Å². The molecule has 0 spiro atoms. The molecule has 1 heterocycles. The quantitative estimate of drug-likeness (QED) is 0.659. The van der Waals surface area contributed by atoms with Crippen molar-refractivity contribution in [1.29, 1.82) is 0 Å². The summed E-state index contributed by atoms with van der Waals surface area (Å²) in [5, 5.41) is 3.33. The van der Waals surface area contributed by atoms with Gasteiger partial charge < -0.3 is 10.1 Å². The molecule has 0 aromatic carbocycles. The molecule has 76 valence electrons. The Balaban J connectivity index is 2.28. The Morgan fingerprint density at radius 3 is 2.92 bits per heavy atom. The van der Waals surface area contributed by atoms with E-state index in [0.717, 1.165) is 19.4 Å². The zero-order chi connectivity index (χ0) is 9.68. The van der Waals surface area contributed by atoms with Crippen LogP contribution in [0.5, 0.6) is 0 Å². The lowest BCUT2D eigenvalue weighted by molar-refractivity contribution is 0.0782. The van der Waals surface area contributed by atoms with Gasteiger partial charge in [0.1, 0.15) is 0 Å². The number of hydrogen-bond donors (Lipinski definition) is 1. The fourth-order valence-corrected chi connectivity index (χ4v) is 1.84. The highest BCUT2D eigenvalue weighted by molar-refractivity contribution is 4.91. The maximum absolute atomic E-state index is 5.65. The van der Waals surface area contributed by atoms with Gasteiger partial charge in [0.25, 0.3) is 0 Å². The van der Waals surface area contributed by atoms with Crippen molar-refractivity contribution in [2.75, 3.05) is 13.7 Å². The second-order valence-electron chi connectivity index (χ2n) is 3.94. The SMILES string of the molecule is C=C(C)CCC(NC)C1CCCO1. The molecule has 1 saturated heterocycles. The van der Waals surface area contributed by atoms with Crippen LogP contribution < -0.4 is 5.32 Å². The second kappa shape index (κ2) is 5.40. The van der Waals surface area contributed by atoms with E-state index in [1.54, 1.807) is 0 Å². The average molecular weight is 183 g/mol. The molecular formula is C11H21NO. The fourth-order valence-electron chi connectivity index (χ4n) is 1.84. The molecule has 2 nitrogen and oxygen atoms in total. The number of rotatable bonds is 5. The zero-order valence-electron chi connectivity index (χ0n) is 8.81. The van der Waals surface area contributed by atoms with Crippen LogP contribution in [0.2, 0.25) is 0 Å². The van der Waals surface area contributed by atoms with E-state index in [0.29, 0.717) is 12.1 Å². The molecule has 1 aliphatic rings. The molecule has 1 fully saturated rings. The smallest absolute Gasteiger partial charge is 0.0728 e. The fraction of sp³-hybridized carbons (Fsp3) is 0.818. The summed E-state index contributed by atoms with van der Waals surface area (Å²) < 4.78 is 5.65. The van der Waals surface area contributed by atoms with Gasteiger partial charge in [0.05, 0.1) is 6.10 Å². The molecule has 2 atom stereocenters. The highest BCUT2D eigenvalue weighted by atomic mass is 16.5. The number of ether oxygens (including phenoxy) is 1. The van der Waals surface area contributed by atoms with Crippen LogP contribution in [-0.2, 0) is 4.74 Å². The second-order valence-corrected chi connectivity index (χ2v) is 3.94. The molecule has 0 saturated carbocycles. The van der Waals surface area contributed by atoms with Crippen molar-refractivity contribution >= 4 is 0 Å². The minimum absolute atomic E-state index is 0.435. The Morgan fingerprint density at radius 2 is 2.46 bits per heavy atom. The molecule has 0 aromatic rings. The van der Waals surface area contributed by atoms with E-state index >= 15 is 0 Å². The molecule has 0 radical (unpaired) electrons. The standard InChI is InChI=1S/C11H21NO/c1-9(2)6-7-10(12-3)11-5-4-8-13-11/h10-12H,1,4-8H2,2-3H3. The van der Waals surface area contributed by atoms with Crippen LogP contribution >= 0.6 is 0 Å². The predicted octanol–water partition coefficient (Wildman–Crippen LogP) is 2.11. The third-order valence-corrected chi connectivity index (χ3v) is 2.67. The van der Waals surface area contributed by atoms with Gasteiger partial charge in [0, 0.05) is 12.6 Å². The number of allylic oxidation sites excluding steroid dienone is 1. The maximum atomic E-state index is 5.65. The van der Waals surface area contributed by atoms with Gasteiger partial charge in [-0.2, -0.15) is 0 Å². The van der Waals surface area contributed by atoms with Gasteiger partial charge >= 0.3 is 0 Å². The summed E-state index contributed by atoms with van der Waals surface area (Å²) in [7, 11) is 2.02. The summed E-state index contributed by atoms with van der Waals surface area (Å²) in [6.07, 6.45) is 5.11. The highest BCUT2D eigenvalue weighted by Crippen LogP contribution is 2.19. The predicted molar refractivity (Wildman–Crippen MR) is 55.9 cm³/mol. The topological polar surface area (TPSA) is 21.3 Å². The van der Waals surface area contributed by atoms with E-state index in [2.05, 4.69) is 18.8 Å². The summed E-state index contributed by atoms with van der Waals surface area (Å²) in [6.45, 7) is 6.95. The Morgan fingerprint density at radius 1 is 1.69 bits per heavy atom. The van der Waals surface area contributed by atoms with Crippen LogP contribution in [0, 0.1) is 0 Å². The van der Waals surface area contributed by atoms with E-state index in [1.807, 2.05) is 7.05 Å². The van der Waals surface area contributed by atoms with Crippen molar-refractivity contribution in [3.63, 3.8) is 0 Å². The molecule has 2 heteroatoms. The first-order valence-corrected chi connectivity index (χ1v) is 5.17. The molecule has 1 rings (SSSR count). The van der Waals surface area contributed by atoms with Gasteiger partial charge in [0.15, 0.2) is 0 Å². The largest absolute Gasteiger partial charge is 0.377 e. The molecule has 0 amide bonds. The van der Waals surface area contributed by atoms with E-state index in [4.69, 9.17) is 4.74 Å². The lowest BCUT2D eigenvalue weighted by Gasteiger charge is -2.22. The van der Waals surface area contributed by atoms with Crippen molar-refractivity contribution in [2.24, 2.45) is 0 Å². The van der Waals surface area contributed by atoms with Crippen LogP contribution in [0.1, 0.15) is 32.6 Å². The molecule has 0 bridgehead atoms. The van der Waals surface area contributed by atoms with Crippen molar-refractivity contribution < 1.29 is 4.74 Å². The number of nitrogens with one attached hydrogen (secondary N) is 1. The molecule has 0 aliphatic carbocycles. The summed E-state index contributed by atoms with van der Waals surface area (Å²) in [5.41, 5.74) is 1.26.